The Morgan fingerprint density at radius 1 is 0.861 bits per heavy atom. The minimum Gasteiger partial charge on any atom is -0.344 e. The van der Waals surface area contributed by atoms with Gasteiger partial charge in [0.25, 0.3) is 0 Å². The third kappa shape index (κ3) is 6.09. The van der Waals surface area contributed by atoms with Gasteiger partial charge in [0.05, 0.1) is 13.1 Å². The van der Waals surface area contributed by atoms with Crippen LogP contribution in [-0.2, 0) is 11.3 Å². The predicted octanol–water partition coefficient (Wildman–Crippen LogP) is 4.35. The molecule has 1 aliphatic heterocycles. The maximum absolute atomic E-state index is 13.2. The average Bonchev–Trinajstić information content (AvgIpc) is 3.12. The number of amides is 1. The van der Waals surface area contributed by atoms with Crippen molar-refractivity contribution >= 4 is 17.4 Å². The zero-order valence-electron chi connectivity index (χ0n) is 21.6. The summed E-state index contributed by atoms with van der Waals surface area (Å²) >= 11 is 0. The third-order valence-electron chi connectivity index (χ3n) is 7.07. The molecule has 7 heteroatoms. The molecule has 0 saturated carbocycles. The number of piperazine rings is 1. The van der Waals surface area contributed by atoms with E-state index in [1.54, 1.807) is 12.1 Å². The summed E-state index contributed by atoms with van der Waals surface area (Å²) in [5, 5.41) is 3.06. The van der Waals surface area contributed by atoms with Crippen molar-refractivity contribution in [2.45, 2.75) is 34.2 Å². The number of carbonyl (C=O) groups excluding carboxylic acids is 2. The zero-order valence-corrected chi connectivity index (χ0v) is 21.6. The Bertz CT molecular complexity index is 1220. The molecule has 1 amide bonds. The number of para-hydroxylation sites is 1. The van der Waals surface area contributed by atoms with Gasteiger partial charge in [-0.15, -0.1) is 0 Å². The quantitative estimate of drug-likeness (QED) is 0.477. The Morgan fingerprint density at radius 2 is 1.44 bits per heavy atom. The highest BCUT2D eigenvalue weighted by atomic mass is 19.1. The smallest absolute Gasteiger partial charge is 0.238 e. The first-order chi connectivity index (χ1) is 17.2. The number of carbonyl (C=O) groups is 2. The van der Waals surface area contributed by atoms with Gasteiger partial charge in [-0.3, -0.25) is 19.4 Å². The van der Waals surface area contributed by atoms with Gasteiger partial charge in [-0.1, -0.05) is 30.3 Å². The molecule has 2 heterocycles. The van der Waals surface area contributed by atoms with Crippen molar-refractivity contribution in [3.63, 3.8) is 0 Å². The Labute approximate surface area is 212 Å². The Balaban J connectivity index is 1.29. The van der Waals surface area contributed by atoms with Crippen LogP contribution in [0.3, 0.4) is 0 Å². The molecule has 2 aromatic carbocycles. The molecule has 0 aliphatic carbocycles. The molecule has 4 rings (SSSR count). The van der Waals surface area contributed by atoms with Crippen molar-refractivity contribution in [1.29, 1.82) is 0 Å². The number of halogens is 1. The van der Waals surface area contributed by atoms with Crippen LogP contribution in [0.4, 0.5) is 10.1 Å². The number of nitrogens with one attached hydrogen (secondary N) is 1. The second-order valence-corrected chi connectivity index (χ2v) is 9.79. The van der Waals surface area contributed by atoms with Gasteiger partial charge in [0.2, 0.25) is 5.91 Å². The van der Waals surface area contributed by atoms with E-state index in [2.05, 4.69) is 19.7 Å². The van der Waals surface area contributed by atoms with E-state index in [1.165, 1.54) is 12.1 Å². The molecular weight excluding hydrogens is 455 g/mol. The van der Waals surface area contributed by atoms with Crippen LogP contribution in [0.2, 0.25) is 0 Å². The molecule has 36 heavy (non-hydrogen) atoms. The molecule has 0 spiro atoms. The maximum Gasteiger partial charge on any atom is 0.238 e. The van der Waals surface area contributed by atoms with Crippen LogP contribution in [-0.4, -0.2) is 65.3 Å². The number of hydrogen-bond acceptors (Lipinski definition) is 4. The van der Waals surface area contributed by atoms with Gasteiger partial charge in [0.1, 0.15) is 5.82 Å². The second kappa shape index (κ2) is 11.2. The largest absolute Gasteiger partial charge is 0.344 e. The highest BCUT2D eigenvalue weighted by molar-refractivity contribution is 5.99. The van der Waals surface area contributed by atoms with Gasteiger partial charge >= 0.3 is 0 Å². The summed E-state index contributed by atoms with van der Waals surface area (Å²) in [5.41, 5.74) is 6.69. The van der Waals surface area contributed by atoms with E-state index in [9.17, 15) is 14.0 Å². The number of aryl methyl sites for hydroxylation is 3. The van der Waals surface area contributed by atoms with Crippen LogP contribution in [0.1, 0.15) is 38.4 Å². The normalized spacial score (nSPS) is 14.7. The molecule has 0 radical (unpaired) electrons. The number of ketones is 1. The van der Waals surface area contributed by atoms with E-state index in [0.29, 0.717) is 19.6 Å². The molecule has 1 saturated heterocycles. The molecular formula is C29H35FN4O2. The molecule has 3 aromatic rings. The third-order valence-corrected chi connectivity index (χ3v) is 7.07. The predicted molar refractivity (Wildman–Crippen MR) is 141 cm³/mol. The average molecular weight is 491 g/mol. The van der Waals surface area contributed by atoms with Crippen molar-refractivity contribution in [2.24, 2.45) is 0 Å². The van der Waals surface area contributed by atoms with Crippen LogP contribution >= 0.6 is 0 Å². The van der Waals surface area contributed by atoms with Crippen molar-refractivity contribution < 1.29 is 14.0 Å². The topological polar surface area (TPSA) is 57.6 Å². The van der Waals surface area contributed by atoms with E-state index in [1.807, 2.05) is 52.0 Å². The second-order valence-electron chi connectivity index (χ2n) is 9.79. The minimum atomic E-state index is -0.252. The zero-order chi connectivity index (χ0) is 25.8. The lowest BCUT2D eigenvalue weighted by atomic mass is 10.1. The summed E-state index contributed by atoms with van der Waals surface area (Å²) < 4.78 is 15.3. The number of Topliss-reactive ketones (excluding diaryl/α,β-unsaturated/α-hetero) is 1. The summed E-state index contributed by atoms with van der Waals surface area (Å²) in [6.45, 7) is 12.3. The summed E-state index contributed by atoms with van der Waals surface area (Å²) in [5.74, 6) is -0.155. The van der Waals surface area contributed by atoms with Crippen LogP contribution < -0.4 is 5.32 Å². The van der Waals surface area contributed by atoms with E-state index in [-0.39, 0.29) is 17.5 Å². The number of benzene rings is 2. The Kier molecular flexibility index (Phi) is 8.01. The van der Waals surface area contributed by atoms with Gasteiger partial charge in [-0.25, -0.2) is 4.39 Å². The standard InChI is InChI=1S/C29H35FN4O2/c1-20-6-5-7-21(2)29(20)31-28(36)19-33-14-12-32(13-15-33)18-27(35)26-16-22(3)34(23(26)4)17-24-8-10-25(30)11-9-24/h5-11,16H,12-15,17-19H2,1-4H3,(H,31,36). The van der Waals surface area contributed by atoms with Gasteiger partial charge in [0.15, 0.2) is 5.78 Å². The Hall–Kier alpha value is -3.29. The van der Waals surface area contributed by atoms with Crippen LogP contribution in [0.25, 0.3) is 0 Å². The molecule has 1 N–H and O–H groups in total. The van der Waals surface area contributed by atoms with Crippen molar-refractivity contribution in [1.82, 2.24) is 14.4 Å². The van der Waals surface area contributed by atoms with Gasteiger partial charge in [-0.2, -0.15) is 0 Å². The van der Waals surface area contributed by atoms with Gasteiger partial charge in [-0.05, 0) is 62.6 Å². The fourth-order valence-corrected chi connectivity index (χ4v) is 4.89. The minimum absolute atomic E-state index is 0.00878. The summed E-state index contributed by atoms with van der Waals surface area (Å²) in [7, 11) is 0. The molecule has 6 nitrogen and oxygen atoms in total. The first-order valence-corrected chi connectivity index (χ1v) is 12.5. The highest BCUT2D eigenvalue weighted by Crippen LogP contribution is 2.20. The summed E-state index contributed by atoms with van der Waals surface area (Å²) in [6, 6.07) is 14.4. The number of hydrogen-bond donors (Lipinski definition) is 1. The molecule has 190 valence electrons. The van der Waals surface area contributed by atoms with Crippen molar-refractivity contribution in [2.75, 3.05) is 44.6 Å². The lowest BCUT2D eigenvalue weighted by Gasteiger charge is -2.33. The number of anilines is 1. The van der Waals surface area contributed by atoms with E-state index >= 15 is 0 Å². The SMILES string of the molecule is Cc1cccc(C)c1NC(=O)CN1CCN(CC(=O)c2cc(C)n(Cc3ccc(F)cc3)c2C)CC1. The van der Waals surface area contributed by atoms with E-state index in [4.69, 9.17) is 0 Å². The molecule has 1 aromatic heterocycles. The van der Waals surface area contributed by atoms with Crippen LogP contribution in [0.15, 0.2) is 48.5 Å². The molecule has 0 bridgehead atoms. The van der Waals surface area contributed by atoms with Gasteiger partial charge in [0, 0.05) is 55.4 Å². The molecule has 1 aliphatic rings. The number of nitrogens with zero attached hydrogens (tertiary/aromatic N) is 3. The van der Waals surface area contributed by atoms with E-state index in [0.717, 1.165) is 65.5 Å². The first-order valence-electron chi connectivity index (χ1n) is 12.5. The van der Waals surface area contributed by atoms with Crippen LogP contribution in [0, 0.1) is 33.5 Å². The summed E-state index contributed by atoms with van der Waals surface area (Å²) in [4.78, 5) is 30.0. The fourth-order valence-electron chi connectivity index (χ4n) is 4.89. The lowest BCUT2D eigenvalue weighted by Crippen LogP contribution is -2.49. The monoisotopic (exact) mass is 490 g/mol. The van der Waals surface area contributed by atoms with Gasteiger partial charge < -0.3 is 9.88 Å². The van der Waals surface area contributed by atoms with Crippen molar-refractivity contribution in [3.8, 4) is 0 Å². The highest BCUT2D eigenvalue weighted by Gasteiger charge is 2.23. The van der Waals surface area contributed by atoms with E-state index < -0.39 is 0 Å². The fraction of sp³-hybridized carbons (Fsp3) is 0.379. The molecule has 1 fully saturated rings. The lowest BCUT2D eigenvalue weighted by molar-refractivity contribution is -0.117. The summed E-state index contributed by atoms with van der Waals surface area (Å²) in [6.07, 6.45) is 0. The molecule has 0 unspecified atom stereocenters. The Morgan fingerprint density at radius 3 is 2.06 bits per heavy atom. The van der Waals surface area contributed by atoms with Crippen LogP contribution in [0.5, 0.6) is 0 Å². The number of aromatic nitrogens is 1. The molecule has 0 atom stereocenters. The number of rotatable bonds is 8. The van der Waals surface area contributed by atoms with Crippen molar-refractivity contribution in [3.05, 3.63) is 88.0 Å². The maximum atomic E-state index is 13.2. The first kappa shape index (κ1) is 25.8.